The van der Waals surface area contributed by atoms with E-state index in [4.69, 9.17) is 13.6 Å². The molecule has 20 heavy (non-hydrogen) atoms. The Kier molecular flexibility index (Phi) is 13.4. The molecule has 118 valence electrons. The van der Waals surface area contributed by atoms with Crippen LogP contribution in [0.15, 0.2) is 0 Å². The summed E-state index contributed by atoms with van der Waals surface area (Å²) in [5.41, 5.74) is 0. The van der Waals surface area contributed by atoms with Gasteiger partial charge in [0.15, 0.2) is 0 Å². The van der Waals surface area contributed by atoms with E-state index in [1.165, 1.54) is 32.1 Å². The van der Waals surface area contributed by atoms with Crippen molar-refractivity contribution >= 4 is 7.82 Å². The lowest BCUT2D eigenvalue weighted by Crippen LogP contribution is -2.00. The van der Waals surface area contributed by atoms with Crippen LogP contribution in [0.4, 0.5) is 0 Å². The zero-order chi connectivity index (χ0) is 15.1. The van der Waals surface area contributed by atoms with E-state index in [1.807, 2.05) is 0 Å². The van der Waals surface area contributed by atoms with Gasteiger partial charge < -0.3 is 0 Å². The van der Waals surface area contributed by atoms with Gasteiger partial charge in [-0.3, -0.25) is 13.6 Å². The van der Waals surface area contributed by atoms with E-state index in [0.717, 1.165) is 12.8 Å². The quantitative estimate of drug-likeness (QED) is 0.291. The lowest BCUT2D eigenvalue weighted by Gasteiger charge is -2.14. The standard InChI is InChI=1S/C15H29O4P/c1-4-7-8-9-10-11-12-13-14-15-19-20(16,17-5-2)18-6-3/h4-12,15H2,1-3H3. The van der Waals surface area contributed by atoms with Crippen LogP contribution in [-0.2, 0) is 18.1 Å². The third-order valence-corrected chi connectivity index (χ3v) is 4.24. The van der Waals surface area contributed by atoms with Crippen LogP contribution < -0.4 is 0 Å². The number of hydrogen-bond acceptors (Lipinski definition) is 4. The summed E-state index contributed by atoms with van der Waals surface area (Å²) in [6.07, 6.45) is 8.41. The van der Waals surface area contributed by atoms with Crippen LogP contribution in [0.1, 0.15) is 65.7 Å². The predicted molar refractivity (Wildman–Crippen MR) is 82.6 cm³/mol. The maximum absolute atomic E-state index is 11.9. The topological polar surface area (TPSA) is 44.8 Å². The van der Waals surface area contributed by atoms with Gasteiger partial charge >= 0.3 is 7.82 Å². The van der Waals surface area contributed by atoms with Gasteiger partial charge in [-0.15, -0.1) is 5.92 Å². The van der Waals surface area contributed by atoms with Crippen molar-refractivity contribution in [1.82, 2.24) is 0 Å². The van der Waals surface area contributed by atoms with Crippen LogP contribution in [0.3, 0.4) is 0 Å². The molecule has 0 heterocycles. The Morgan fingerprint density at radius 1 is 0.800 bits per heavy atom. The molecule has 4 nitrogen and oxygen atoms in total. The average molecular weight is 304 g/mol. The molecule has 0 aromatic rings. The van der Waals surface area contributed by atoms with Gasteiger partial charge in [-0.1, -0.05) is 44.9 Å². The SMILES string of the molecule is CCCCCCCCC#CCOP(=O)(OCC)OCC. The first kappa shape index (κ1) is 19.7. The Bertz CT molecular complexity index is 310. The maximum atomic E-state index is 11.9. The van der Waals surface area contributed by atoms with Crippen molar-refractivity contribution in [3.8, 4) is 11.8 Å². The minimum Gasteiger partial charge on any atom is -0.287 e. The summed E-state index contributed by atoms with van der Waals surface area (Å²) >= 11 is 0. The minimum atomic E-state index is -3.40. The second-order valence-electron chi connectivity index (χ2n) is 4.43. The molecule has 0 aliphatic carbocycles. The van der Waals surface area contributed by atoms with Crippen LogP contribution in [0.2, 0.25) is 0 Å². The predicted octanol–water partition coefficient (Wildman–Crippen LogP) is 4.94. The van der Waals surface area contributed by atoms with Crippen molar-refractivity contribution in [3.63, 3.8) is 0 Å². The van der Waals surface area contributed by atoms with Crippen LogP contribution in [0.5, 0.6) is 0 Å². The Morgan fingerprint density at radius 2 is 1.40 bits per heavy atom. The normalized spacial score (nSPS) is 11.2. The van der Waals surface area contributed by atoms with Crippen molar-refractivity contribution in [2.75, 3.05) is 19.8 Å². The molecular weight excluding hydrogens is 275 g/mol. The smallest absolute Gasteiger partial charge is 0.287 e. The summed E-state index contributed by atoms with van der Waals surface area (Å²) in [6.45, 7) is 6.39. The first-order valence-electron chi connectivity index (χ1n) is 7.67. The molecule has 0 saturated heterocycles. The molecule has 0 rings (SSSR count). The number of phosphoric acid groups is 1. The fraction of sp³-hybridized carbons (Fsp3) is 0.867. The maximum Gasteiger partial charge on any atom is 0.475 e. The van der Waals surface area contributed by atoms with E-state index in [0.29, 0.717) is 13.2 Å². The molecule has 5 heteroatoms. The summed E-state index contributed by atoms with van der Waals surface area (Å²) < 4.78 is 27.0. The van der Waals surface area contributed by atoms with Crippen molar-refractivity contribution in [2.24, 2.45) is 0 Å². The number of rotatable bonds is 12. The Morgan fingerprint density at radius 3 is 2.00 bits per heavy atom. The van der Waals surface area contributed by atoms with E-state index in [2.05, 4.69) is 18.8 Å². The molecule has 0 saturated carbocycles. The molecule has 0 radical (unpaired) electrons. The van der Waals surface area contributed by atoms with E-state index in [9.17, 15) is 4.57 Å². The molecule has 0 aromatic carbocycles. The van der Waals surface area contributed by atoms with Gasteiger partial charge in [-0.25, -0.2) is 4.57 Å². The fourth-order valence-corrected chi connectivity index (χ4v) is 2.75. The Hall–Kier alpha value is -0.330. The molecule has 0 aromatic heterocycles. The van der Waals surface area contributed by atoms with Gasteiger partial charge in [0.05, 0.1) is 13.2 Å². The van der Waals surface area contributed by atoms with Crippen LogP contribution in [0, 0.1) is 11.8 Å². The van der Waals surface area contributed by atoms with Gasteiger partial charge in [0.1, 0.15) is 6.61 Å². The second-order valence-corrected chi connectivity index (χ2v) is 6.10. The Balaban J connectivity index is 3.67. The zero-order valence-electron chi connectivity index (χ0n) is 13.2. The summed E-state index contributed by atoms with van der Waals surface area (Å²) in [7, 11) is -3.40. The average Bonchev–Trinajstić information content (AvgIpc) is 2.41. The minimum absolute atomic E-state index is 0.0904. The zero-order valence-corrected chi connectivity index (χ0v) is 14.0. The van der Waals surface area contributed by atoms with Crippen molar-refractivity contribution in [2.45, 2.75) is 65.7 Å². The molecule has 0 spiro atoms. The monoisotopic (exact) mass is 304 g/mol. The molecule has 0 unspecified atom stereocenters. The molecular formula is C15H29O4P. The molecule has 0 atom stereocenters. The van der Waals surface area contributed by atoms with Crippen molar-refractivity contribution in [1.29, 1.82) is 0 Å². The number of phosphoric ester groups is 1. The van der Waals surface area contributed by atoms with Crippen molar-refractivity contribution in [3.05, 3.63) is 0 Å². The van der Waals surface area contributed by atoms with Gasteiger partial charge in [-0.05, 0) is 20.3 Å². The highest BCUT2D eigenvalue weighted by Crippen LogP contribution is 2.48. The van der Waals surface area contributed by atoms with E-state index in [1.54, 1.807) is 13.8 Å². The fourth-order valence-electron chi connectivity index (χ4n) is 1.67. The lowest BCUT2D eigenvalue weighted by molar-refractivity contribution is 0.132. The first-order chi connectivity index (χ1) is 9.68. The third-order valence-electron chi connectivity index (χ3n) is 2.65. The van der Waals surface area contributed by atoms with E-state index >= 15 is 0 Å². The van der Waals surface area contributed by atoms with Gasteiger partial charge in [-0.2, -0.15) is 0 Å². The number of unbranched alkanes of at least 4 members (excludes halogenated alkanes) is 6. The van der Waals surface area contributed by atoms with E-state index < -0.39 is 7.82 Å². The van der Waals surface area contributed by atoms with Crippen molar-refractivity contribution < 1.29 is 18.1 Å². The van der Waals surface area contributed by atoms with Gasteiger partial charge in [0.2, 0.25) is 0 Å². The highest BCUT2D eigenvalue weighted by atomic mass is 31.2. The summed E-state index contributed by atoms with van der Waals surface area (Å²) in [6, 6.07) is 0. The number of hydrogen-bond donors (Lipinski definition) is 0. The third kappa shape index (κ3) is 11.5. The molecule has 0 bridgehead atoms. The first-order valence-corrected chi connectivity index (χ1v) is 9.14. The molecule has 0 fully saturated rings. The summed E-state index contributed by atoms with van der Waals surface area (Å²) in [5, 5.41) is 0. The molecule has 0 N–H and O–H groups in total. The summed E-state index contributed by atoms with van der Waals surface area (Å²) in [4.78, 5) is 0. The van der Waals surface area contributed by atoms with Crippen LogP contribution >= 0.6 is 7.82 Å². The van der Waals surface area contributed by atoms with E-state index in [-0.39, 0.29) is 6.61 Å². The summed E-state index contributed by atoms with van der Waals surface area (Å²) in [5.74, 6) is 5.88. The van der Waals surface area contributed by atoms with Gasteiger partial charge in [0, 0.05) is 6.42 Å². The van der Waals surface area contributed by atoms with Crippen LogP contribution in [-0.4, -0.2) is 19.8 Å². The van der Waals surface area contributed by atoms with Gasteiger partial charge in [0.25, 0.3) is 0 Å². The molecule has 0 aliphatic rings. The largest absolute Gasteiger partial charge is 0.475 e. The molecule has 0 aliphatic heterocycles. The lowest BCUT2D eigenvalue weighted by atomic mass is 10.1. The highest BCUT2D eigenvalue weighted by molar-refractivity contribution is 7.48. The Labute approximate surface area is 124 Å². The molecule has 0 amide bonds. The van der Waals surface area contributed by atoms with Crippen LogP contribution in [0.25, 0.3) is 0 Å². The second kappa shape index (κ2) is 13.6. The highest BCUT2D eigenvalue weighted by Gasteiger charge is 2.24.